The summed E-state index contributed by atoms with van der Waals surface area (Å²) in [5, 5.41) is 10.0. The standard InChI is InChI=1S/C14H11N3OS2/c18-13(15-10-5-2-1-3-6-10)17-14-16-11(9-20-14)12-7-4-8-19-12/h1-9H,(H2,15,16,17,18). The first-order chi connectivity index (χ1) is 9.81. The van der Waals surface area contributed by atoms with E-state index in [4.69, 9.17) is 0 Å². The summed E-state index contributed by atoms with van der Waals surface area (Å²) in [6, 6.07) is 13.0. The Hall–Kier alpha value is -2.18. The fourth-order valence-electron chi connectivity index (χ4n) is 1.65. The van der Waals surface area contributed by atoms with Crippen LogP contribution in [0.25, 0.3) is 10.6 Å². The molecule has 2 amide bonds. The second kappa shape index (κ2) is 5.85. The third-order valence-corrected chi connectivity index (χ3v) is 4.18. The molecule has 0 aliphatic rings. The number of nitrogens with zero attached hydrogens (tertiary/aromatic N) is 1. The van der Waals surface area contributed by atoms with E-state index in [0.717, 1.165) is 16.3 Å². The number of urea groups is 1. The zero-order valence-electron chi connectivity index (χ0n) is 10.4. The van der Waals surface area contributed by atoms with Gasteiger partial charge in [0, 0.05) is 11.1 Å². The molecule has 0 spiro atoms. The predicted octanol–water partition coefficient (Wildman–Crippen LogP) is 4.52. The van der Waals surface area contributed by atoms with Gasteiger partial charge in [0.05, 0.1) is 10.6 Å². The average Bonchev–Trinajstić information content (AvgIpc) is 3.10. The number of aromatic nitrogens is 1. The molecule has 3 aromatic rings. The van der Waals surface area contributed by atoms with Crippen molar-refractivity contribution in [1.29, 1.82) is 0 Å². The minimum atomic E-state index is -0.289. The maximum absolute atomic E-state index is 11.8. The molecule has 100 valence electrons. The molecule has 0 aliphatic heterocycles. The topological polar surface area (TPSA) is 54.0 Å². The predicted molar refractivity (Wildman–Crippen MR) is 84.5 cm³/mol. The van der Waals surface area contributed by atoms with Crippen LogP contribution in [0.1, 0.15) is 0 Å². The van der Waals surface area contributed by atoms with Gasteiger partial charge in [0.1, 0.15) is 0 Å². The second-order valence-electron chi connectivity index (χ2n) is 3.96. The number of thiazole rings is 1. The van der Waals surface area contributed by atoms with Crippen molar-refractivity contribution in [3.8, 4) is 10.6 Å². The summed E-state index contributed by atoms with van der Waals surface area (Å²) in [6.45, 7) is 0. The van der Waals surface area contributed by atoms with Crippen LogP contribution in [0.15, 0.2) is 53.2 Å². The van der Waals surface area contributed by atoms with Crippen LogP contribution >= 0.6 is 22.7 Å². The van der Waals surface area contributed by atoms with Crippen molar-refractivity contribution in [3.63, 3.8) is 0 Å². The van der Waals surface area contributed by atoms with E-state index in [1.165, 1.54) is 11.3 Å². The van der Waals surface area contributed by atoms with Crippen LogP contribution in [-0.4, -0.2) is 11.0 Å². The molecule has 6 heteroatoms. The van der Waals surface area contributed by atoms with Crippen LogP contribution in [-0.2, 0) is 0 Å². The number of hydrogen-bond donors (Lipinski definition) is 2. The number of amides is 2. The van der Waals surface area contributed by atoms with E-state index in [1.807, 2.05) is 53.2 Å². The third kappa shape index (κ3) is 3.04. The van der Waals surface area contributed by atoms with Crippen molar-refractivity contribution in [2.75, 3.05) is 10.6 Å². The lowest BCUT2D eigenvalue weighted by Gasteiger charge is -2.04. The molecule has 2 N–H and O–H groups in total. The van der Waals surface area contributed by atoms with Gasteiger partial charge >= 0.3 is 6.03 Å². The van der Waals surface area contributed by atoms with Crippen LogP contribution in [0.3, 0.4) is 0 Å². The first-order valence-corrected chi connectivity index (χ1v) is 7.69. The molecule has 20 heavy (non-hydrogen) atoms. The molecular weight excluding hydrogens is 290 g/mol. The Morgan fingerprint density at radius 3 is 2.60 bits per heavy atom. The van der Waals surface area contributed by atoms with Gasteiger partial charge in [-0.25, -0.2) is 9.78 Å². The number of benzene rings is 1. The lowest BCUT2D eigenvalue weighted by atomic mass is 10.3. The van der Waals surface area contributed by atoms with Gasteiger partial charge in [-0.3, -0.25) is 5.32 Å². The number of para-hydroxylation sites is 1. The molecule has 2 aromatic heterocycles. The summed E-state index contributed by atoms with van der Waals surface area (Å²) in [7, 11) is 0. The SMILES string of the molecule is O=C(Nc1ccccc1)Nc1nc(-c2cccs2)cs1. The molecule has 0 aliphatic carbocycles. The summed E-state index contributed by atoms with van der Waals surface area (Å²) in [4.78, 5) is 17.3. The maximum Gasteiger partial charge on any atom is 0.325 e. The molecule has 0 atom stereocenters. The van der Waals surface area contributed by atoms with Crippen molar-refractivity contribution >= 4 is 39.5 Å². The second-order valence-corrected chi connectivity index (χ2v) is 5.77. The van der Waals surface area contributed by atoms with E-state index in [0.29, 0.717) is 5.13 Å². The van der Waals surface area contributed by atoms with Gasteiger partial charge in [-0.1, -0.05) is 24.3 Å². The number of nitrogens with one attached hydrogen (secondary N) is 2. The van der Waals surface area contributed by atoms with Crippen LogP contribution in [0.2, 0.25) is 0 Å². The molecule has 0 unspecified atom stereocenters. The lowest BCUT2D eigenvalue weighted by Crippen LogP contribution is -2.19. The van der Waals surface area contributed by atoms with Crippen LogP contribution in [0.4, 0.5) is 15.6 Å². The van der Waals surface area contributed by atoms with Crippen molar-refractivity contribution in [1.82, 2.24) is 4.98 Å². The molecule has 0 bridgehead atoms. The summed E-state index contributed by atoms with van der Waals surface area (Å²) in [6.07, 6.45) is 0. The monoisotopic (exact) mass is 301 g/mol. The van der Waals surface area contributed by atoms with E-state index in [-0.39, 0.29) is 6.03 Å². The number of rotatable bonds is 3. The third-order valence-electron chi connectivity index (χ3n) is 2.53. The number of carbonyl (C=O) groups excluding carboxylic acids is 1. The van der Waals surface area contributed by atoms with E-state index in [1.54, 1.807) is 11.3 Å². The highest BCUT2D eigenvalue weighted by molar-refractivity contribution is 7.16. The summed E-state index contributed by atoms with van der Waals surface area (Å²) < 4.78 is 0. The highest BCUT2D eigenvalue weighted by atomic mass is 32.1. The van der Waals surface area contributed by atoms with Crippen molar-refractivity contribution in [3.05, 3.63) is 53.2 Å². The number of hydrogen-bond acceptors (Lipinski definition) is 4. The normalized spacial score (nSPS) is 10.2. The molecular formula is C14H11N3OS2. The molecule has 3 rings (SSSR count). The number of thiophene rings is 1. The van der Waals surface area contributed by atoms with Gasteiger partial charge in [0.2, 0.25) is 0 Å². The van der Waals surface area contributed by atoms with Crippen LogP contribution < -0.4 is 10.6 Å². The zero-order chi connectivity index (χ0) is 13.8. The fraction of sp³-hybridized carbons (Fsp3) is 0. The quantitative estimate of drug-likeness (QED) is 0.747. The maximum atomic E-state index is 11.8. The first kappa shape index (κ1) is 12.8. The lowest BCUT2D eigenvalue weighted by molar-refractivity contribution is 0.262. The largest absolute Gasteiger partial charge is 0.325 e. The smallest absolute Gasteiger partial charge is 0.308 e. The Kier molecular flexibility index (Phi) is 3.76. The fourth-order valence-corrected chi connectivity index (χ4v) is 3.12. The molecule has 2 heterocycles. The Morgan fingerprint density at radius 1 is 1.00 bits per heavy atom. The highest BCUT2D eigenvalue weighted by Gasteiger charge is 2.08. The Bertz CT molecular complexity index is 692. The Balaban J connectivity index is 1.65. The van der Waals surface area contributed by atoms with E-state index in [2.05, 4.69) is 15.6 Å². The van der Waals surface area contributed by atoms with Gasteiger partial charge in [0.25, 0.3) is 0 Å². The van der Waals surface area contributed by atoms with Gasteiger partial charge in [-0.15, -0.1) is 22.7 Å². The first-order valence-electron chi connectivity index (χ1n) is 5.94. The number of carbonyl (C=O) groups is 1. The Morgan fingerprint density at radius 2 is 1.85 bits per heavy atom. The molecule has 0 saturated carbocycles. The molecule has 4 nitrogen and oxygen atoms in total. The molecule has 0 radical (unpaired) electrons. The van der Waals surface area contributed by atoms with E-state index < -0.39 is 0 Å². The minimum Gasteiger partial charge on any atom is -0.308 e. The van der Waals surface area contributed by atoms with Crippen molar-refractivity contribution < 1.29 is 4.79 Å². The highest BCUT2D eigenvalue weighted by Crippen LogP contribution is 2.28. The van der Waals surface area contributed by atoms with E-state index in [9.17, 15) is 4.79 Å². The summed E-state index contributed by atoms with van der Waals surface area (Å²) >= 11 is 3.04. The van der Waals surface area contributed by atoms with Crippen molar-refractivity contribution in [2.24, 2.45) is 0 Å². The summed E-state index contributed by atoms with van der Waals surface area (Å²) in [5.41, 5.74) is 1.64. The van der Waals surface area contributed by atoms with Gasteiger partial charge in [0.15, 0.2) is 5.13 Å². The minimum absolute atomic E-state index is 0.289. The summed E-state index contributed by atoms with van der Waals surface area (Å²) in [5.74, 6) is 0. The van der Waals surface area contributed by atoms with Gasteiger partial charge < -0.3 is 5.32 Å². The molecule has 0 fully saturated rings. The Labute approximate surface area is 124 Å². The average molecular weight is 301 g/mol. The van der Waals surface area contributed by atoms with Gasteiger partial charge in [-0.05, 0) is 23.6 Å². The number of anilines is 2. The van der Waals surface area contributed by atoms with Crippen LogP contribution in [0.5, 0.6) is 0 Å². The van der Waals surface area contributed by atoms with E-state index >= 15 is 0 Å². The van der Waals surface area contributed by atoms with Crippen LogP contribution in [0, 0.1) is 0 Å². The van der Waals surface area contributed by atoms with Gasteiger partial charge in [-0.2, -0.15) is 0 Å². The molecule has 0 saturated heterocycles. The molecule has 1 aromatic carbocycles. The van der Waals surface area contributed by atoms with Crippen molar-refractivity contribution in [2.45, 2.75) is 0 Å². The zero-order valence-corrected chi connectivity index (χ0v) is 12.0.